The summed E-state index contributed by atoms with van der Waals surface area (Å²) in [4.78, 5) is 17.8. The molecular weight excluding hydrogens is 502 g/mol. The van der Waals surface area contributed by atoms with Gasteiger partial charge in [0.2, 0.25) is 0 Å². The van der Waals surface area contributed by atoms with Gasteiger partial charge in [-0.25, -0.2) is 5.43 Å². The van der Waals surface area contributed by atoms with Gasteiger partial charge < -0.3 is 24.6 Å². The van der Waals surface area contributed by atoms with E-state index in [1.165, 1.54) is 5.69 Å². The van der Waals surface area contributed by atoms with Crippen molar-refractivity contribution in [1.82, 2.24) is 21.1 Å². The van der Waals surface area contributed by atoms with Gasteiger partial charge in [0.1, 0.15) is 24.2 Å². The number of rotatable bonds is 8. The Kier molecular flexibility index (Phi) is 8.18. The molecule has 210 valence electrons. The Bertz CT molecular complexity index is 1260. The van der Waals surface area contributed by atoms with Gasteiger partial charge in [0.05, 0.1) is 6.17 Å². The average molecular weight is 542 g/mol. The van der Waals surface area contributed by atoms with Crippen molar-refractivity contribution in [2.75, 3.05) is 38.1 Å². The zero-order valence-electron chi connectivity index (χ0n) is 23.1. The lowest BCUT2D eigenvalue weighted by molar-refractivity contribution is 0.0888. The summed E-state index contributed by atoms with van der Waals surface area (Å²) in [7, 11) is 2.16. The molecule has 4 atom stereocenters. The van der Waals surface area contributed by atoms with Crippen LogP contribution in [0.25, 0.3) is 0 Å². The number of ether oxygens (including phenoxy) is 2. The largest absolute Gasteiger partial charge is 0.490 e. The highest BCUT2D eigenvalue weighted by Crippen LogP contribution is 2.33. The molecular formula is C32H39N5O3. The van der Waals surface area contributed by atoms with E-state index in [-0.39, 0.29) is 24.2 Å². The van der Waals surface area contributed by atoms with Crippen LogP contribution in [0.5, 0.6) is 11.5 Å². The van der Waals surface area contributed by atoms with Crippen LogP contribution < -0.4 is 30.5 Å². The molecule has 0 bridgehead atoms. The van der Waals surface area contributed by atoms with Crippen molar-refractivity contribution >= 4 is 11.6 Å². The molecule has 1 aliphatic carbocycles. The quantitative estimate of drug-likeness (QED) is 0.401. The van der Waals surface area contributed by atoms with Gasteiger partial charge in [-0.1, -0.05) is 36.4 Å². The van der Waals surface area contributed by atoms with Gasteiger partial charge in [-0.3, -0.25) is 10.2 Å². The number of anilines is 1. The smallest absolute Gasteiger partial charge is 0.252 e. The number of piperazine rings is 1. The number of nitrogens with one attached hydrogen (secondary N) is 3. The molecule has 2 heterocycles. The van der Waals surface area contributed by atoms with E-state index in [9.17, 15) is 4.79 Å². The molecule has 0 spiro atoms. The Morgan fingerprint density at radius 2 is 1.68 bits per heavy atom. The molecule has 8 heteroatoms. The fraction of sp³-hybridized carbons (Fsp3) is 0.406. The maximum atomic E-state index is 13.1. The summed E-state index contributed by atoms with van der Waals surface area (Å²) in [6.07, 6.45) is 2.78. The van der Waals surface area contributed by atoms with Crippen LogP contribution in [-0.2, 0) is 6.61 Å². The average Bonchev–Trinajstić information content (AvgIpc) is 3.39. The Labute approximate surface area is 236 Å². The Morgan fingerprint density at radius 3 is 2.48 bits per heavy atom. The number of carbonyl (C=O) groups excluding carboxylic acids is 1. The van der Waals surface area contributed by atoms with Crippen molar-refractivity contribution in [2.45, 2.75) is 44.2 Å². The van der Waals surface area contributed by atoms with Crippen LogP contribution in [0.1, 0.15) is 35.2 Å². The highest BCUT2D eigenvalue weighted by atomic mass is 16.5. The van der Waals surface area contributed by atoms with Crippen molar-refractivity contribution < 1.29 is 14.3 Å². The second kappa shape index (κ2) is 12.3. The van der Waals surface area contributed by atoms with E-state index in [4.69, 9.17) is 9.47 Å². The Balaban J connectivity index is 0.984. The van der Waals surface area contributed by atoms with E-state index in [2.05, 4.69) is 57.3 Å². The third kappa shape index (κ3) is 6.41. The van der Waals surface area contributed by atoms with Gasteiger partial charge in [-0.15, -0.1) is 0 Å². The van der Waals surface area contributed by atoms with Crippen LogP contribution in [0.3, 0.4) is 0 Å². The number of likely N-dealkylation sites (N-methyl/N-ethyl adjacent to an activating group) is 1. The summed E-state index contributed by atoms with van der Waals surface area (Å²) in [6, 6.07) is 26.3. The standard InChI is InChI=1S/C32H39N5O3/c1-36-16-18-37(19-17-36)25-12-10-24(11-13-25)32(38)33-31-29-15-14-28(21-30(29)34-35-31)40-27-9-5-8-26(20-27)39-22-23-6-3-2-4-7-23/h2-13,20,28-31,34-35H,14-19,21-22H2,1H3,(H,33,38). The monoisotopic (exact) mass is 541 g/mol. The number of hydrogen-bond donors (Lipinski definition) is 3. The molecule has 3 aromatic carbocycles. The summed E-state index contributed by atoms with van der Waals surface area (Å²) in [5.41, 5.74) is 9.73. The maximum Gasteiger partial charge on any atom is 0.252 e. The zero-order valence-corrected chi connectivity index (χ0v) is 23.1. The van der Waals surface area contributed by atoms with Crippen LogP contribution in [0.4, 0.5) is 5.69 Å². The summed E-state index contributed by atoms with van der Waals surface area (Å²) in [6.45, 7) is 4.68. The highest BCUT2D eigenvalue weighted by molar-refractivity contribution is 5.94. The summed E-state index contributed by atoms with van der Waals surface area (Å²) in [5.74, 6) is 1.89. The first kappa shape index (κ1) is 26.6. The third-order valence-electron chi connectivity index (χ3n) is 8.35. The molecule has 6 rings (SSSR count). The molecule has 0 aromatic heterocycles. The number of fused-ring (bicyclic) bond motifs is 1. The van der Waals surface area contributed by atoms with E-state index in [1.807, 2.05) is 54.6 Å². The normalized spacial score (nSPS) is 24.8. The second-order valence-electron chi connectivity index (χ2n) is 11.1. The minimum atomic E-state index is -0.106. The molecule has 2 aliphatic heterocycles. The first-order valence-electron chi connectivity index (χ1n) is 14.4. The fourth-order valence-electron chi connectivity index (χ4n) is 5.96. The molecule has 3 N–H and O–H groups in total. The number of benzene rings is 3. The lowest BCUT2D eigenvalue weighted by Gasteiger charge is -2.34. The van der Waals surface area contributed by atoms with Gasteiger partial charge >= 0.3 is 0 Å². The molecule has 0 radical (unpaired) electrons. The van der Waals surface area contributed by atoms with E-state index in [1.54, 1.807) is 0 Å². The van der Waals surface area contributed by atoms with E-state index in [0.717, 1.165) is 62.5 Å². The zero-order chi connectivity index (χ0) is 27.3. The van der Waals surface area contributed by atoms with Crippen molar-refractivity contribution in [2.24, 2.45) is 5.92 Å². The van der Waals surface area contributed by atoms with Gasteiger partial charge in [-0.2, -0.15) is 0 Å². The SMILES string of the molecule is CN1CCN(c2ccc(C(=O)NC3NNC4CC(Oc5cccc(OCc6ccccc6)c5)CCC43)cc2)CC1. The van der Waals surface area contributed by atoms with Crippen LogP contribution >= 0.6 is 0 Å². The number of hydrazine groups is 1. The number of hydrogen-bond acceptors (Lipinski definition) is 7. The topological polar surface area (TPSA) is 78.1 Å². The molecule has 40 heavy (non-hydrogen) atoms. The van der Waals surface area contributed by atoms with Gasteiger partial charge in [0, 0.05) is 61.9 Å². The van der Waals surface area contributed by atoms with E-state index >= 15 is 0 Å². The number of amides is 1. The van der Waals surface area contributed by atoms with Crippen LogP contribution in [0, 0.1) is 5.92 Å². The summed E-state index contributed by atoms with van der Waals surface area (Å²) < 4.78 is 12.3. The maximum absolute atomic E-state index is 13.1. The lowest BCUT2D eigenvalue weighted by atomic mass is 9.82. The van der Waals surface area contributed by atoms with Crippen molar-refractivity contribution in [1.29, 1.82) is 0 Å². The first-order valence-corrected chi connectivity index (χ1v) is 14.4. The van der Waals surface area contributed by atoms with E-state index < -0.39 is 0 Å². The third-order valence-corrected chi connectivity index (χ3v) is 8.35. The molecule has 3 aromatic rings. The van der Waals surface area contributed by atoms with Crippen LogP contribution in [-0.4, -0.2) is 62.3 Å². The highest BCUT2D eigenvalue weighted by Gasteiger charge is 2.41. The van der Waals surface area contributed by atoms with Crippen molar-refractivity contribution in [3.63, 3.8) is 0 Å². The van der Waals surface area contributed by atoms with E-state index in [0.29, 0.717) is 18.1 Å². The number of carbonyl (C=O) groups is 1. The molecule has 1 saturated carbocycles. The predicted molar refractivity (Wildman–Crippen MR) is 156 cm³/mol. The predicted octanol–water partition coefficient (Wildman–Crippen LogP) is 3.80. The molecule has 4 unspecified atom stereocenters. The molecule has 3 aliphatic rings. The van der Waals surface area contributed by atoms with Crippen molar-refractivity contribution in [3.05, 3.63) is 90.0 Å². The van der Waals surface area contributed by atoms with Gasteiger partial charge in [0.15, 0.2) is 0 Å². The van der Waals surface area contributed by atoms with Crippen LogP contribution in [0.2, 0.25) is 0 Å². The lowest BCUT2D eigenvalue weighted by Crippen LogP contribution is -2.47. The summed E-state index contributed by atoms with van der Waals surface area (Å²) >= 11 is 0. The summed E-state index contributed by atoms with van der Waals surface area (Å²) in [5, 5.41) is 3.21. The fourth-order valence-corrected chi connectivity index (χ4v) is 5.96. The molecule has 1 amide bonds. The second-order valence-corrected chi connectivity index (χ2v) is 11.1. The van der Waals surface area contributed by atoms with Crippen LogP contribution in [0.15, 0.2) is 78.9 Å². The van der Waals surface area contributed by atoms with Gasteiger partial charge in [-0.05, 0) is 61.9 Å². The Hall–Kier alpha value is -3.59. The minimum Gasteiger partial charge on any atom is -0.490 e. The minimum absolute atomic E-state index is 0.0458. The number of nitrogens with zero attached hydrogens (tertiary/aromatic N) is 2. The first-order chi connectivity index (χ1) is 19.6. The molecule has 3 fully saturated rings. The van der Waals surface area contributed by atoms with Crippen molar-refractivity contribution in [3.8, 4) is 11.5 Å². The Morgan fingerprint density at radius 1 is 0.900 bits per heavy atom. The molecule has 2 saturated heterocycles. The van der Waals surface area contributed by atoms with Gasteiger partial charge in [0.25, 0.3) is 5.91 Å². The molecule has 8 nitrogen and oxygen atoms in total.